The van der Waals surface area contributed by atoms with Crippen LogP contribution in [0.25, 0.3) is 12.3 Å². The summed E-state index contributed by atoms with van der Waals surface area (Å²) in [5, 5.41) is 13.0. The van der Waals surface area contributed by atoms with Crippen molar-refractivity contribution in [2.75, 3.05) is 0 Å². The molecule has 16 heavy (non-hydrogen) atoms. The van der Waals surface area contributed by atoms with Gasteiger partial charge in [-0.05, 0) is 24.6 Å². The van der Waals surface area contributed by atoms with Crippen LogP contribution in [0, 0.1) is 18.3 Å². The SMILES string of the molecule is Cc1ncn(/C=C/c2ccccc2C#N)n1. The monoisotopic (exact) mass is 210 g/mol. The number of nitriles is 1. The van der Waals surface area contributed by atoms with E-state index in [-0.39, 0.29) is 0 Å². The van der Waals surface area contributed by atoms with E-state index in [9.17, 15) is 0 Å². The van der Waals surface area contributed by atoms with Gasteiger partial charge in [0, 0.05) is 6.20 Å². The fourth-order valence-corrected chi connectivity index (χ4v) is 1.33. The molecule has 0 spiro atoms. The lowest BCUT2D eigenvalue weighted by Crippen LogP contribution is -1.87. The van der Waals surface area contributed by atoms with Gasteiger partial charge in [-0.2, -0.15) is 10.4 Å². The van der Waals surface area contributed by atoms with Crippen LogP contribution in [-0.2, 0) is 0 Å². The number of hydrogen-bond acceptors (Lipinski definition) is 3. The maximum Gasteiger partial charge on any atom is 0.147 e. The minimum absolute atomic E-state index is 0.649. The van der Waals surface area contributed by atoms with E-state index < -0.39 is 0 Å². The van der Waals surface area contributed by atoms with Crippen LogP contribution in [0.15, 0.2) is 30.6 Å². The molecule has 1 heterocycles. The van der Waals surface area contributed by atoms with Crippen LogP contribution >= 0.6 is 0 Å². The molecule has 0 aliphatic heterocycles. The topological polar surface area (TPSA) is 54.5 Å². The van der Waals surface area contributed by atoms with Gasteiger partial charge in [-0.25, -0.2) is 9.67 Å². The van der Waals surface area contributed by atoms with E-state index in [0.29, 0.717) is 5.56 Å². The molecule has 0 bridgehead atoms. The standard InChI is InChI=1S/C12H10N4/c1-10-14-9-16(15-10)7-6-11-4-2-3-5-12(11)8-13/h2-7,9H,1H3/b7-6+. The van der Waals surface area contributed by atoms with Crippen molar-refractivity contribution in [1.29, 1.82) is 5.26 Å². The second-order valence-corrected chi connectivity index (χ2v) is 3.29. The summed E-state index contributed by atoms with van der Waals surface area (Å²) in [6.07, 6.45) is 5.24. The minimum Gasteiger partial charge on any atom is -0.228 e. The van der Waals surface area contributed by atoms with Gasteiger partial charge in [0.25, 0.3) is 0 Å². The molecule has 0 atom stereocenters. The molecule has 4 nitrogen and oxygen atoms in total. The normalized spacial score (nSPS) is 10.5. The molecule has 0 aliphatic rings. The molecule has 0 amide bonds. The Morgan fingerprint density at radius 3 is 2.88 bits per heavy atom. The van der Waals surface area contributed by atoms with E-state index in [0.717, 1.165) is 11.4 Å². The highest BCUT2D eigenvalue weighted by Gasteiger charge is 1.96. The molecule has 0 saturated carbocycles. The van der Waals surface area contributed by atoms with E-state index in [4.69, 9.17) is 5.26 Å². The van der Waals surface area contributed by atoms with Crippen LogP contribution in [0.4, 0.5) is 0 Å². The van der Waals surface area contributed by atoms with Gasteiger partial charge >= 0.3 is 0 Å². The first kappa shape index (κ1) is 10.1. The fraction of sp³-hybridized carbons (Fsp3) is 0.0833. The van der Waals surface area contributed by atoms with Gasteiger partial charge < -0.3 is 0 Å². The van der Waals surface area contributed by atoms with Gasteiger partial charge in [0.15, 0.2) is 0 Å². The summed E-state index contributed by atoms with van der Waals surface area (Å²) in [7, 11) is 0. The molecule has 0 aliphatic carbocycles. The van der Waals surface area contributed by atoms with Crippen molar-refractivity contribution in [2.24, 2.45) is 0 Å². The average molecular weight is 210 g/mol. The maximum absolute atomic E-state index is 8.90. The van der Waals surface area contributed by atoms with Gasteiger partial charge in [-0.1, -0.05) is 18.2 Å². The summed E-state index contributed by atoms with van der Waals surface area (Å²) in [5.74, 6) is 0.721. The van der Waals surface area contributed by atoms with Gasteiger partial charge in [0.05, 0.1) is 11.6 Å². The van der Waals surface area contributed by atoms with Crippen LogP contribution in [0.5, 0.6) is 0 Å². The summed E-state index contributed by atoms with van der Waals surface area (Å²) < 4.78 is 1.61. The predicted molar refractivity (Wildman–Crippen MR) is 61.1 cm³/mol. The largest absolute Gasteiger partial charge is 0.228 e. The second kappa shape index (κ2) is 4.41. The Labute approximate surface area is 93.5 Å². The summed E-state index contributed by atoms with van der Waals surface area (Å²) >= 11 is 0. The van der Waals surface area contributed by atoms with Gasteiger partial charge in [-0.15, -0.1) is 0 Å². The Bertz CT molecular complexity index is 560. The maximum atomic E-state index is 8.90. The molecule has 4 heteroatoms. The molecule has 1 aromatic heterocycles. The predicted octanol–water partition coefficient (Wildman–Crippen LogP) is 2.09. The molecular formula is C12H10N4. The zero-order valence-electron chi connectivity index (χ0n) is 8.83. The molecule has 0 N–H and O–H groups in total. The van der Waals surface area contributed by atoms with Crippen molar-refractivity contribution >= 4 is 12.3 Å². The Balaban J connectivity index is 2.27. The number of benzene rings is 1. The van der Waals surface area contributed by atoms with Crippen LogP contribution < -0.4 is 0 Å². The number of nitrogens with zero attached hydrogens (tertiary/aromatic N) is 4. The molecule has 2 aromatic rings. The van der Waals surface area contributed by atoms with E-state index >= 15 is 0 Å². The van der Waals surface area contributed by atoms with Crippen LogP contribution in [-0.4, -0.2) is 14.8 Å². The third kappa shape index (κ3) is 2.15. The van der Waals surface area contributed by atoms with Gasteiger partial charge in [0.1, 0.15) is 12.2 Å². The smallest absolute Gasteiger partial charge is 0.147 e. The first-order chi connectivity index (χ1) is 7.79. The van der Waals surface area contributed by atoms with Crippen molar-refractivity contribution in [3.8, 4) is 6.07 Å². The van der Waals surface area contributed by atoms with Crippen molar-refractivity contribution in [3.63, 3.8) is 0 Å². The summed E-state index contributed by atoms with van der Waals surface area (Å²) in [5.41, 5.74) is 1.52. The van der Waals surface area contributed by atoms with Gasteiger partial charge in [0.2, 0.25) is 0 Å². The van der Waals surface area contributed by atoms with E-state index in [2.05, 4.69) is 16.2 Å². The number of aromatic nitrogens is 3. The Hall–Kier alpha value is -2.41. The lowest BCUT2D eigenvalue weighted by atomic mass is 10.1. The first-order valence-electron chi connectivity index (χ1n) is 4.84. The highest BCUT2D eigenvalue weighted by atomic mass is 15.3. The molecule has 0 fully saturated rings. The molecule has 78 valence electrons. The number of rotatable bonds is 2. The summed E-state index contributed by atoms with van der Waals surface area (Å²) in [6.45, 7) is 1.83. The molecule has 0 unspecified atom stereocenters. The summed E-state index contributed by atoms with van der Waals surface area (Å²) in [4.78, 5) is 4.01. The van der Waals surface area contributed by atoms with Crippen molar-refractivity contribution in [3.05, 3.63) is 47.5 Å². The van der Waals surface area contributed by atoms with E-state index in [1.165, 1.54) is 0 Å². The highest BCUT2D eigenvalue weighted by Crippen LogP contribution is 2.09. The van der Waals surface area contributed by atoms with Gasteiger partial charge in [-0.3, -0.25) is 0 Å². The highest BCUT2D eigenvalue weighted by molar-refractivity contribution is 5.65. The lowest BCUT2D eigenvalue weighted by Gasteiger charge is -1.95. The Kier molecular flexibility index (Phi) is 2.79. The molecule has 2 rings (SSSR count). The first-order valence-corrected chi connectivity index (χ1v) is 4.84. The van der Waals surface area contributed by atoms with E-state index in [1.807, 2.05) is 31.2 Å². The molecule has 1 aromatic carbocycles. The van der Waals surface area contributed by atoms with E-state index in [1.54, 1.807) is 23.3 Å². The summed E-state index contributed by atoms with van der Waals surface area (Å²) in [6, 6.07) is 9.55. The number of hydrogen-bond donors (Lipinski definition) is 0. The van der Waals surface area contributed by atoms with Crippen LogP contribution in [0.3, 0.4) is 0 Å². The van der Waals surface area contributed by atoms with Crippen molar-refractivity contribution < 1.29 is 0 Å². The minimum atomic E-state index is 0.649. The third-order valence-electron chi connectivity index (χ3n) is 2.11. The fourth-order valence-electron chi connectivity index (χ4n) is 1.33. The zero-order valence-corrected chi connectivity index (χ0v) is 8.83. The third-order valence-corrected chi connectivity index (χ3v) is 2.11. The lowest BCUT2D eigenvalue weighted by molar-refractivity contribution is 0.914. The number of aryl methyl sites for hydroxylation is 1. The van der Waals surface area contributed by atoms with Crippen molar-refractivity contribution in [2.45, 2.75) is 6.92 Å². The van der Waals surface area contributed by atoms with Crippen LogP contribution in [0.1, 0.15) is 17.0 Å². The molecule has 0 saturated heterocycles. The molecule has 0 radical (unpaired) electrons. The van der Waals surface area contributed by atoms with Crippen molar-refractivity contribution in [1.82, 2.24) is 14.8 Å². The Morgan fingerprint density at radius 2 is 2.19 bits per heavy atom. The zero-order chi connectivity index (χ0) is 11.4. The average Bonchev–Trinajstić information content (AvgIpc) is 2.73. The quantitative estimate of drug-likeness (QED) is 0.762. The van der Waals surface area contributed by atoms with Crippen LogP contribution in [0.2, 0.25) is 0 Å². The molecular weight excluding hydrogens is 200 g/mol. The Morgan fingerprint density at radius 1 is 1.38 bits per heavy atom. The second-order valence-electron chi connectivity index (χ2n) is 3.29.